The van der Waals surface area contributed by atoms with E-state index >= 15 is 0 Å². The van der Waals surface area contributed by atoms with Crippen molar-refractivity contribution in [2.24, 2.45) is 5.73 Å². The Kier molecular flexibility index (Phi) is 5.50. The smallest absolute Gasteiger partial charge is 0.209 e. The van der Waals surface area contributed by atoms with Gasteiger partial charge in [0.25, 0.3) is 0 Å². The first-order chi connectivity index (χ1) is 14.0. The average Bonchev–Trinajstić information content (AvgIpc) is 3.03. The lowest BCUT2D eigenvalue weighted by atomic mass is 10.2. The predicted octanol–water partition coefficient (Wildman–Crippen LogP) is 4.92. The zero-order valence-electron chi connectivity index (χ0n) is 16.0. The zero-order chi connectivity index (χ0) is 20.4. The summed E-state index contributed by atoms with van der Waals surface area (Å²) in [5, 5.41) is 1.14. The predicted molar refractivity (Wildman–Crippen MR) is 119 cm³/mol. The molecule has 0 saturated carbocycles. The highest BCUT2D eigenvalue weighted by Crippen LogP contribution is 2.40. The molecule has 0 radical (unpaired) electrons. The Hall–Kier alpha value is -2.54. The minimum Gasteiger partial charge on any atom is -0.330 e. The fraction of sp³-hybridized carbons (Fsp3) is 0.130. The number of fused-ring (bicyclic) bond motifs is 1. The first-order valence-electron chi connectivity index (χ1n) is 9.36. The summed E-state index contributed by atoms with van der Waals surface area (Å²) in [4.78, 5) is 0.617. The van der Waals surface area contributed by atoms with E-state index in [0.29, 0.717) is 16.5 Å². The van der Waals surface area contributed by atoms with E-state index < -0.39 is 9.84 Å². The lowest BCUT2D eigenvalue weighted by Gasteiger charge is -2.14. The molecule has 29 heavy (non-hydrogen) atoms. The number of benzene rings is 3. The van der Waals surface area contributed by atoms with Gasteiger partial charge in [-0.2, -0.15) is 0 Å². The number of rotatable bonds is 6. The Morgan fingerprint density at radius 1 is 0.897 bits per heavy atom. The van der Waals surface area contributed by atoms with E-state index in [-0.39, 0.29) is 10.3 Å². The van der Waals surface area contributed by atoms with Gasteiger partial charge in [-0.05, 0) is 30.7 Å². The third-order valence-corrected chi connectivity index (χ3v) is 7.67. The number of nitrogens with two attached hydrogens (primary N) is 1. The van der Waals surface area contributed by atoms with Crippen molar-refractivity contribution in [2.45, 2.75) is 33.7 Å². The van der Waals surface area contributed by atoms with Crippen molar-refractivity contribution in [1.82, 2.24) is 4.57 Å². The fourth-order valence-electron chi connectivity index (χ4n) is 3.44. The van der Waals surface area contributed by atoms with E-state index in [0.717, 1.165) is 16.5 Å². The van der Waals surface area contributed by atoms with Crippen molar-refractivity contribution in [3.05, 3.63) is 90.5 Å². The van der Waals surface area contributed by atoms with Crippen LogP contribution >= 0.6 is 11.8 Å². The lowest BCUT2D eigenvalue weighted by Crippen LogP contribution is -2.13. The molecule has 4 aromatic rings. The highest BCUT2D eigenvalue weighted by Gasteiger charge is 2.29. The standard InChI is InChI=1S/C23H22N2O2S2/c1-17(24)28-23-22(29(26,27)19-12-6-3-7-13-19)20-14-8-9-15-21(20)25(23)16-18-10-4-2-5-11-18/h2-15,17H,16,24H2,1H3. The molecule has 1 atom stereocenters. The van der Waals surface area contributed by atoms with Gasteiger partial charge in [-0.25, -0.2) is 8.42 Å². The molecule has 6 heteroatoms. The molecule has 0 aliphatic carbocycles. The van der Waals surface area contributed by atoms with Crippen LogP contribution in [0.4, 0.5) is 0 Å². The Morgan fingerprint density at radius 3 is 2.14 bits per heavy atom. The normalized spacial score (nSPS) is 12.9. The van der Waals surface area contributed by atoms with Crippen LogP contribution in [0.2, 0.25) is 0 Å². The Morgan fingerprint density at radius 2 is 1.48 bits per heavy atom. The van der Waals surface area contributed by atoms with Gasteiger partial charge in [0.15, 0.2) is 0 Å². The highest BCUT2D eigenvalue weighted by molar-refractivity contribution is 8.00. The number of thioether (sulfide) groups is 1. The largest absolute Gasteiger partial charge is 0.330 e. The average molecular weight is 423 g/mol. The molecule has 148 valence electrons. The van der Waals surface area contributed by atoms with Gasteiger partial charge in [-0.15, -0.1) is 0 Å². The Bertz CT molecular complexity index is 1230. The van der Waals surface area contributed by atoms with Gasteiger partial charge in [0.05, 0.1) is 20.8 Å². The van der Waals surface area contributed by atoms with E-state index in [9.17, 15) is 8.42 Å². The van der Waals surface area contributed by atoms with Crippen LogP contribution in [0, 0.1) is 0 Å². The number of hydrogen-bond acceptors (Lipinski definition) is 4. The summed E-state index contributed by atoms with van der Waals surface area (Å²) in [6.07, 6.45) is 0. The third-order valence-electron chi connectivity index (χ3n) is 4.68. The van der Waals surface area contributed by atoms with Crippen molar-refractivity contribution in [3.63, 3.8) is 0 Å². The summed E-state index contributed by atoms with van der Waals surface area (Å²) in [6, 6.07) is 26.3. The molecule has 1 aromatic heterocycles. The van der Waals surface area contributed by atoms with E-state index in [4.69, 9.17) is 5.73 Å². The maximum atomic E-state index is 13.6. The number of sulfone groups is 1. The van der Waals surface area contributed by atoms with Gasteiger partial charge in [0.1, 0.15) is 4.90 Å². The summed E-state index contributed by atoms with van der Waals surface area (Å²) in [7, 11) is -3.71. The molecule has 0 fully saturated rings. The van der Waals surface area contributed by atoms with Crippen molar-refractivity contribution < 1.29 is 8.42 Å². The summed E-state index contributed by atoms with van der Waals surface area (Å²) in [6.45, 7) is 2.44. The molecular weight excluding hydrogens is 400 g/mol. The number of nitrogens with zero attached hydrogens (tertiary/aromatic N) is 1. The molecule has 1 heterocycles. The number of hydrogen-bond donors (Lipinski definition) is 1. The molecule has 0 amide bonds. The molecule has 3 aromatic carbocycles. The second-order valence-corrected chi connectivity index (χ2v) is 10.1. The van der Waals surface area contributed by atoms with Crippen LogP contribution in [0.1, 0.15) is 12.5 Å². The zero-order valence-corrected chi connectivity index (χ0v) is 17.7. The van der Waals surface area contributed by atoms with E-state index in [1.54, 1.807) is 24.3 Å². The second kappa shape index (κ2) is 8.06. The first kappa shape index (κ1) is 19.8. The minimum absolute atomic E-state index is 0.251. The van der Waals surface area contributed by atoms with Gasteiger partial charge in [-0.1, -0.05) is 78.5 Å². The van der Waals surface area contributed by atoms with E-state index in [1.165, 1.54) is 11.8 Å². The number of aromatic nitrogens is 1. The van der Waals surface area contributed by atoms with Crippen LogP contribution in [0.5, 0.6) is 0 Å². The fourth-order valence-corrected chi connectivity index (χ4v) is 6.33. The molecular formula is C23H22N2O2S2. The molecule has 1 unspecified atom stereocenters. The molecule has 0 aliphatic heterocycles. The Labute approximate surface area is 175 Å². The SMILES string of the molecule is CC(N)Sc1c(S(=O)(=O)c2ccccc2)c2ccccc2n1Cc1ccccc1. The van der Waals surface area contributed by atoms with Gasteiger partial charge in [-0.3, -0.25) is 0 Å². The second-order valence-electron chi connectivity index (χ2n) is 6.86. The summed E-state index contributed by atoms with van der Waals surface area (Å²) in [5.41, 5.74) is 8.10. The lowest BCUT2D eigenvalue weighted by molar-refractivity contribution is 0.592. The molecule has 0 bridgehead atoms. The first-order valence-corrected chi connectivity index (χ1v) is 11.7. The quantitative estimate of drug-likeness (QED) is 0.354. The van der Waals surface area contributed by atoms with Crippen molar-refractivity contribution >= 4 is 32.5 Å². The third kappa shape index (κ3) is 3.83. The highest BCUT2D eigenvalue weighted by atomic mass is 32.2. The molecule has 0 saturated heterocycles. The van der Waals surface area contributed by atoms with E-state index in [1.807, 2.05) is 67.6 Å². The van der Waals surface area contributed by atoms with Crippen LogP contribution in [-0.2, 0) is 16.4 Å². The number of para-hydroxylation sites is 1. The van der Waals surface area contributed by atoms with Crippen molar-refractivity contribution in [3.8, 4) is 0 Å². The van der Waals surface area contributed by atoms with Crippen LogP contribution in [0.25, 0.3) is 10.9 Å². The van der Waals surface area contributed by atoms with Gasteiger partial charge in [0.2, 0.25) is 9.84 Å². The summed E-state index contributed by atoms with van der Waals surface area (Å²) in [5.74, 6) is 0. The molecule has 4 rings (SSSR count). The van der Waals surface area contributed by atoms with Crippen LogP contribution in [-0.4, -0.2) is 18.4 Å². The van der Waals surface area contributed by atoms with Crippen LogP contribution in [0.15, 0.2) is 99.7 Å². The maximum absolute atomic E-state index is 13.6. The Balaban J connectivity index is 2.01. The monoisotopic (exact) mass is 422 g/mol. The van der Waals surface area contributed by atoms with E-state index in [2.05, 4.69) is 4.57 Å². The van der Waals surface area contributed by atoms with Crippen molar-refractivity contribution in [2.75, 3.05) is 0 Å². The van der Waals surface area contributed by atoms with Gasteiger partial charge < -0.3 is 10.3 Å². The summed E-state index contributed by atoms with van der Waals surface area (Å²) >= 11 is 1.38. The molecule has 2 N–H and O–H groups in total. The van der Waals surface area contributed by atoms with Crippen LogP contribution in [0.3, 0.4) is 0 Å². The van der Waals surface area contributed by atoms with Gasteiger partial charge >= 0.3 is 0 Å². The maximum Gasteiger partial charge on any atom is 0.209 e. The minimum atomic E-state index is -3.71. The van der Waals surface area contributed by atoms with Crippen molar-refractivity contribution in [1.29, 1.82) is 0 Å². The summed E-state index contributed by atoms with van der Waals surface area (Å²) < 4.78 is 29.4. The topological polar surface area (TPSA) is 65.1 Å². The molecule has 4 nitrogen and oxygen atoms in total. The van der Waals surface area contributed by atoms with Gasteiger partial charge in [0, 0.05) is 11.9 Å². The van der Waals surface area contributed by atoms with Crippen LogP contribution < -0.4 is 5.73 Å². The molecule has 0 spiro atoms. The molecule has 0 aliphatic rings.